The van der Waals surface area contributed by atoms with E-state index in [4.69, 9.17) is 23.7 Å². The molecule has 1 saturated carbocycles. The van der Waals surface area contributed by atoms with Crippen LogP contribution in [0.1, 0.15) is 117 Å². The second-order valence-electron chi connectivity index (χ2n) is 19.3. The largest absolute Gasteiger partial charge is 0.457 e. The summed E-state index contributed by atoms with van der Waals surface area (Å²) in [6.45, 7) is 14.3. The van der Waals surface area contributed by atoms with Crippen LogP contribution in [0, 0.1) is 17.8 Å². The maximum absolute atomic E-state index is 13.9. The highest BCUT2D eigenvalue weighted by atomic mass is 16.6. The van der Waals surface area contributed by atoms with Crippen LogP contribution in [0.3, 0.4) is 0 Å². The maximum atomic E-state index is 13.9. The monoisotopic (exact) mass is 899 g/mol. The number of nitrogens with one attached hydrogen (secondary N) is 2. The average molecular weight is 900 g/mol. The van der Waals surface area contributed by atoms with E-state index in [9.17, 15) is 28.8 Å². The van der Waals surface area contributed by atoms with E-state index in [0.29, 0.717) is 55.5 Å². The summed E-state index contributed by atoms with van der Waals surface area (Å²) in [7, 11) is 0. The summed E-state index contributed by atoms with van der Waals surface area (Å²) in [5.74, 6) is -3.08. The van der Waals surface area contributed by atoms with Crippen LogP contribution in [0.4, 0.5) is 4.79 Å². The normalized spacial score (nSPS) is 19.7. The summed E-state index contributed by atoms with van der Waals surface area (Å²) in [5.41, 5.74) is -2.39. The molecule has 4 amide bonds. The third-order valence-corrected chi connectivity index (χ3v) is 12.4. The lowest BCUT2D eigenvalue weighted by atomic mass is 9.97. The molecule has 14 nitrogen and oxygen atoms in total. The van der Waals surface area contributed by atoms with Gasteiger partial charge in [0, 0.05) is 50.1 Å². The molecule has 0 bridgehead atoms. The van der Waals surface area contributed by atoms with Crippen molar-refractivity contribution in [3.05, 3.63) is 95.1 Å². The van der Waals surface area contributed by atoms with Crippen LogP contribution in [0.5, 0.6) is 0 Å². The number of hydrogen-bond acceptors (Lipinski definition) is 11. The molecule has 0 radical (unpaired) electrons. The first-order valence-electron chi connectivity index (χ1n) is 23.1. The van der Waals surface area contributed by atoms with Crippen molar-refractivity contribution in [1.29, 1.82) is 0 Å². The summed E-state index contributed by atoms with van der Waals surface area (Å²) in [4.78, 5) is 80.9. The van der Waals surface area contributed by atoms with Gasteiger partial charge in [-0.2, -0.15) is 0 Å². The fourth-order valence-corrected chi connectivity index (χ4v) is 8.10. The summed E-state index contributed by atoms with van der Waals surface area (Å²) < 4.78 is 28.9. The molecule has 3 unspecified atom stereocenters. The number of hydrogen-bond donors (Lipinski definition) is 2. The molecule has 2 aromatic rings. The first-order valence-corrected chi connectivity index (χ1v) is 23.1. The van der Waals surface area contributed by atoms with Crippen molar-refractivity contribution in [2.45, 2.75) is 142 Å². The Morgan fingerprint density at radius 2 is 1.20 bits per heavy atom. The SMILES string of the molecule is CC(CCOC(C)(C)CCNC(=O)OC1C2CC/C=C\CCC21)CNC(=O)CCC(C)(C)OCCC(C)(C)N1C(=O)C(C(=O)OCc2ccccc2)=C(C(=O)OCc2ccccc2)C1=O. The van der Waals surface area contributed by atoms with Gasteiger partial charge in [0.05, 0.1) is 11.2 Å². The molecule has 3 atom stereocenters. The first kappa shape index (κ1) is 50.7. The number of alkyl carbamates (subject to hydrolysis) is 1. The lowest BCUT2D eigenvalue weighted by molar-refractivity contribution is -0.148. The molecule has 2 aromatic carbocycles. The van der Waals surface area contributed by atoms with E-state index >= 15 is 0 Å². The van der Waals surface area contributed by atoms with Gasteiger partial charge in [0.25, 0.3) is 11.8 Å². The molecule has 0 spiro atoms. The predicted molar refractivity (Wildman–Crippen MR) is 244 cm³/mol. The highest BCUT2D eigenvalue weighted by Crippen LogP contribution is 2.49. The Balaban J connectivity index is 1.01. The molecule has 1 aliphatic heterocycles. The number of allylic oxidation sites excluding steroid dienone is 2. The standard InChI is InChI=1S/C51H69N3O11/c1-35(25-30-63-51(6,7)27-29-52-48(60)65-43-38-22-16-8-9-17-23-39(38)43)32-53-40(55)24-26-50(4,5)64-31-28-49(2,3)54-44(56)41(46(58)61-33-36-18-12-10-13-19-36)42(45(54)57)47(59)62-34-37-20-14-11-15-21-37/h8-15,18-21,35,38-39,43H,16-17,22-34H2,1-7H3,(H,52,60)(H,53,55)/b9-8-. The highest BCUT2D eigenvalue weighted by Gasteiger charge is 2.53. The van der Waals surface area contributed by atoms with Gasteiger partial charge in [-0.15, -0.1) is 0 Å². The first-order chi connectivity index (χ1) is 30.9. The molecule has 3 aliphatic rings. The number of nitrogens with zero attached hydrogens (tertiary/aromatic N) is 1. The molecule has 14 heteroatoms. The van der Waals surface area contributed by atoms with E-state index in [1.54, 1.807) is 62.4 Å². The number of carbonyl (C=O) groups is 6. The number of carbonyl (C=O) groups excluding carboxylic acids is 6. The summed E-state index contributed by atoms with van der Waals surface area (Å²) in [6.07, 6.45) is 10.5. The van der Waals surface area contributed by atoms with E-state index in [1.807, 2.05) is 39.8 Å². The molecular formula is C51H69N3O11. The van der Waals surface area contributed by atoms with E-state index in [2.05, 4.69) is 29.7 Å². The van der Waals surface area contributed by atoms with Gasteiger partial charge in [0.1, 0.15) is 30.5 Å². The zero-order valence-electron chi connectivity index (χ0n) is 39.3. The van der Waals surface area contributed by atoms with Crippen LogP contribution in [-0.2, 0) is 60.9 Å². The van der Waals surface area contributed by atoms with Crippen molar-refractivity contribution >= 4 is 35.8 Å². The van der Waals surface area contributed by atoms with Crippen LogP contribution in [0.2, 0.25) is 0 Å². The minimum absolute atomic E-state index is 0.0369. The lowest BCUT2D eigenvalue weighted by Crippen LogP contribution is -2.50. The number of amides is 4. The van der Waals surface area contributed by atoms with Crippen LogP contribution in [-0.4, -0.2) is 89.8 Å². The Labute approximate surface area is 384 Å². The predicted octanol–water partition coefficient (Wildman–Crippen LogP) is 7.68. The Hall–Kier alpha value is -5.34. The summed E-state index contributed by atoms with van der Waals surface area (Å²) >= 11 is 0. The van der Waals surface area contributed by atoms with Gasteiger partial charge in [0.2, 0.25) is 5.91 Å². The van der Waals surface area contributed by atoms with Gasteiger partial charge in [-0.05, 0) is 110 Å². The molecular weight excluding hydrogens is 831 g/mol. The molecule has 0 saturated heterocycles. The van der Waals surface area contributed by atoms with E-state index in [-0.39, 0.29) is 56.7 Å². The molecule has 1 heterocycles. The molecule has 5 rings (SSSR count). The zero-order chi connectivity index (χ0) is 47.2. The molecule has 2 N–H and O–H groups in total. The van der Waals surface area contributed by atoms with Crippen LogP contribution < -0.4 is 10.6 Å². The van der Waals surface area contributed by atoms with E-state index in [1.165, 1.54) is 0 Å². The Kier molecular flexibility index (Phi) is 18.1. The average Bonchev–Trinajstić information content (AvgIpc) is 3.78. The third kappa shape index (κ3) is 15.4. The highest BCUT2D eigenvalue weighted by molar-refractivity contribution is 6.38. The van der Waals surface area contributed by atoms with Gasteiger partial charge >= 0.3 is 18.0 Å². The van der Waals surface area contributed by atoms with Gasteiger partial charge in [-0.25, -0.2) is 14.4 Å². The van der Waals surface area contributed by atoms with Gasteiger partial charge < -0.3 is 34.3 Å². The molecule has 0 aromatic heterocycles. The van der Waals surface area contributed by atoms with Crippen LogP contribution >= 0.6 is 0 Å². The van der Waals surface area contributed by atoms with Crippen molar-refractivity contribution in [1.82, 2.24) is 15.5 Å². The summed E-state index contributed by atoms with van der Waals surface area (Å²) in [6, 6.07) is 17.7. The Morgan fingerprint density at radius 3 is 1.74 bits per heavy atom. The lowest BCUT2D eigenvalue weighted by Gasteiger charge is -2.35. The minimum Gasteiger partial charge on any atom is -0.457 e. The van der Waals surface area contributed by atoms with E-state index < -0.39 is 51.6 Å². The van der Waals surface area contributed by atoms with Crippen molar-refractivity contribution in [2.24, 2.45) is 17.8 Å². The number of fused-ring (bicyclic) bond motifs is 1. The maximum Gasteiger partial charge on any atom is 0.407 e. The van der Waals surface area contributed by atoms with Gasteiger partial charge in [-0.1, -0.05) is 79.7 Å². The number of esters is 2. The third-order valence-electron chi connectivity index (χ3n) is 12.4. The molecule has 354 valence electrons. The Morgan fingerprint density at radius 1 is 0.692 bits per heavy atom. The van der Waals surface area contributed by atoms with Gasteiger partial charge in [0.15, 0.2) is 0 Å². The van der Waals surface area contributed by atoms with Crippen molar-refractivity contribution < 1.29 is 52.5 Å². The van der Waals surface area contributed by atoms with E-state index in [0.717, 1.165) is 37.0 Å². The number of benzene rings is 2. The smallest absolute Gasteiger partial charge is 0.407 e. The number of rotatable bonds is 24. The second kappa shape index (κ2) is 23.2. The van der Waals surface area contributed by atoms with Crippen LogP contribution in [0.25, 0.3) is 0 Å². The van der Waals surface area contributed by atoms with Gasteiger partial charge in [-0.3, -0.25) is 19.3 Å². The van der Waals surface area contributed by atoms with Crippen LogP contribution in [0.15, 0.2) is 84.0 Å². The minimum atomic E-state index is -1.19. The number of imide groups is 1. The zero-order valence-corrected chi connectivity index (χ0v) is 39.3. The fraction of sp³-hybridized carbons (Fsp3) is 0.569. The molecule has 1 fully saturated rings. The molecule has 2 aliphatic carbocycles. The second-order valence-corrected chi connectivity index (χ2v) is 19.3. The summed E-state index contributed by atoms with van der Waals surface area (Å²) in [5, 5.41) is 5.90. The van der Waals surface area contributed by atoms with Crippen molar-refractivity contribution in [3.8, 4) is 0 Å². The Bertz CT molecular complexity index is 1930. The molecule has 65 heavy (non-hydrogen) atoms. The topological polar surface area (TPSA) is 176 Å². The fourth-order valence-electron chi connectivity index (χ4n) is 8.10. The quantitative estimate of drug-likeness (QED) is 0.0348. The number of ether oxygens (including phenoxy) is 5. The van der Waals surface area contributed by atoms with Crippen molar-refractivity contribution in [2.75, 3.05) is 26.3 Å². The van der Waals surface area contributed by atoms with Crippen molar-refractivity contribution in [3.63, 3.8) is 0 Å².